The third-order valence-electron chi connectivity index (χ3n) is 6.74. The fourth-order valence-electron chi connectivity index (χ4n) is 5.37. The van der Waals surface area contributed by atoms with Crippen LogP contribution in [0.2, 0.25) is 0 Å². The van der Waals surface area contributed by atoms with Crippen LogP contribution in [0.4, 0.5) is 5.69 Å². The molecule has 1 aromatic heterocycles. The Bertz CT molecular complexity index is 1530. The number of hydrogen-bond acceptors (Lipinski definition) is 2. The summed E-state index contributed by atoms with van der Waals surface area (Å²) in [4.78, 5) is 9.62. The average molecular weight is 495 g/mol. The van der Waals surface area contributed by atoms with Crippen molar-refractivity contribution >= 4 is 11.9 Å². The minimum atomic E-state index is 0.837. The van der Waals surface area contributed by atoms with Crippen LogP contribution in [0.15, 0.2) is 96.1 Å². The molecule has 1 heterocycles. The Morgan fingerprint density at radius 3 is 1.34 bits per heavy atom. The largest absolute Gasteiger partial charge is 0.255 e. The summed E-state index contributed by atoms with van der Waals surface area (Å²) in [6.07, 6.45) is 3.68. The van der Waals surface area contributed by atoms with Crippen molar-refractivity contribution in [2.24, 2.45) is 4.99 Å². The standard InChI is InChI=1S/C36H34N2/c1-23-11-24(2)15-29(14-23)30-20-34(31-16-25(3)12-26(4)17-31)36(38-22-33-9-7-8-10-37-33)35(21-30)32-18-27(5)13-28(6)19-32/h7-22H,1-6H3/b38-22+. The Kier molecular flexibility index (Phi) is 7.07. The number of hydrogen-bond donors (Lipinski definition) is 0. The Balaban J connectivity index is 1.86. The van der Waals surface area contributed by atoms with Gasteiger partial charge in [0.25, 0.3) is 0 Å². The summed E-state index contributed by atoms with van der Waals surface area (Å²) in [7, 11) is 0. The van der Waals surface area contributed by atoms with Crippen molar-refractivity contribution < 1.29 is 0 Å². The van der Waals surface area contributed by atoms with Crippen LogP contribution in [-0.2, 0) is 0 Å². The van der Waals surface area contributed by atoms with E-state index in [1.165, 1.54) is 55.6 Å². The predicted molar refractivity (Wildman–Crippen MR) is 163 cm³/mol. The summed E-state index contributed by atoms with van der Waals surface area (Å²) in [6, 6.07) is 30.8. The van der Waals surface area contributed by atoms with Crippen LogP contribution in [-0.4, -0.2) is 11.2 Å². The Hall–Kier alpha value is -4.30. The molecule has 0 saturated heterocycles. The highest BCUT2D eigenvalue weighted by Gasteiger charge is 2.16. The maximum atomic E-state index is 5.13. The first kappa shape index (κ1) is 25.4. The molecule has 188 valence electrons. The second kappa shape index (κ2) is 10.6. The smallest absolute Gasteiger partial charge is 0.0812 e. The molecule has 5 aromatic rings. The van der Waals surface area contributed by atoms with Crippen molar-refractivity contribution in [3.8, 4) is 33.4 Å². The molecule has 0 N–H and O–H groups in total. The second-order valence-corrected chi connectivity index (χ2v) is 10.6. The lowest BCUT2D eigenvalue weighted by Gasteiger charge is -2.18. The van der Waals surface area contributed by atoms with Crippen LogP contribution < -0.4 is 0 Å². The van der Waals surface area contributed by atoms with Gasteiger partial charge in [0.1, 0.15) is 0 Å². The van der Waals surface area contributed by atoms with Crippen LogP contribution >= 0.6 is 0 Å². The number of aryl methyl sites for hydroxylation is 6. The lowest BCUT2D eigenvalue weighted by Crippen LogP contribution is -1.93. The first-order chi connectivity index (χ1) is 18.2. The van der Waals surface area contributed by atoms with Gasteiger partial charge in [-0.15, -0.1) is 0 Å². The summed E-state index contributed by atoms with van der Waals surface area (Å²) in [6.45, 7) is 13.0. The molecule has 0 aliphatic carbocycles. The van der Waals surface area contributed by atoms with Gasteiger partial charge in [0, 0.05) is 17.3 Å². The van der Waals surface area contributed by atoms with E-state index in [0.29, 0.717) is 0 Å². The van der Waals surface area contributed by atoms with Gasteiger partial charge in [-0.05, 0) is 88.1 Å². The summed E-state index contributed by atoms with van der Waals surface area (Å²) < 4.78 is 0. The number of pyridine rings is 1. The van der Waals surface area contributed by atoms with Crippen LogP contribution in [0.5, 0.6) is 0 Å². The Morgan fingerprint density at radius 1 is 0.500 bits per heavy atom. The average Bonchev–Trinajstić information content (AvgIpc) is 2.86. The van der Waals surface area contributed by atoms with Crippen molar-refractivity contribution in [2.45, 2.75) is 41.5 Å². The lowest BCUT2D eigenvalue weighted by molar-refractivity contribution is 1.30. The quantitative estimate of drug-likeness (QED) is 0.223. The predicted octanol–water partition coefficient (Wildman–Crippen LogP) is 9.68. The fourth-order valence-corrected chi connectivity index (χ4v) is 5.37. The van der Waals surface area contributed by atoms with Gasteiger partial charge in [0.05, 0.1) is 17.6 Å². The minimum absolute atomic E-state index is 0.837. The van der Waals surface area contributed by atoms with E-state index in [-0.39, 0.29) is 0 Å². The summed E-state index contributed by atoms with van der Waals surface area (Å²) in [5.41, 5.74) is 16.3. The molecule has 0 aliphatic rings. The maximum absolute atomic E-state index is 5.13. The molecular formula is C36H34N2. The topological polar surface area (TPSA) is 25.2 Å². The van der Waals surface area contributed by atoms with Crippen LogP contribution in [0.1, 0.15) is 39.1 Å². The molecule has 0 bridgehead atoms. The van der Waals surface area contributed by atoms with Crippen molar-refractivity contribution in [3.05, 3.63) is 130 Å². The summed E-state index contributed by atoms with van der Waals surface area (Å²) in [5.74, 6) is 0. The third-order valence-corrected chi connectivity index (χ3v) is 6.74. The SMILES string of the molecule is Cc1cc(C)cc(-c2cc(-c3cc(C)cc(C)c3)c(/N=C/c3ccccn3)c(-c3cc(C)cc(C)c3)c2)c1. The van der Waals surface area contributed by atoms with Gasteiger partial charge >= 0.3 is 0 Å². The molecule has 0 unspecified atom stereocenters. The van der Waals surface area contributed by atoms with Crippen molar-refractivity contribution in [2.75, 3.05) is 0 Å². The highest BCUT2D eigenvalue weighted by atomic mass is 14.8. The molecule has 5 rings (SSSR count). The zero-order valence-corrected chi connectivity index (χ0v) is 23.1. The zero-order chi connectivity index (χ0) is 26.8. The molecule has 38 heavy (non-hydrogen) atoms. The second-order valence-electron chi connectivity index (χ2n) is 10.6. The minimum Gasteiger partial charge on any atom is -0.255 e. The fraction of sp³-hybridized carbons (Fsp3) is 0.167. The van der Waals surface area contributed by atoms with E-state index in [1.54, 1.807) is 6.20 Å². The first-order valence-corrected chi connectivity index (χ1v) is 13.1. The molecule has 2 heteroatoms. The van der Waals surface area contributed by atoms with E-state index < -0.39 is 0 Å². The summed E-state index contributed by atoms with van der Waals surface area (Å²) >= 11 is 0. The molecule has 4 aromatic carbocycles. The first-order valence-electron chi connectivity index (χ1n) is 13.1. The molecule has 2 nitrogen and oxygen atoms in total. The molecule has 0 atom stereocenters. The van der Waals surface area contributed by atoms with Crippen molar-refractivity contribution in [1.29, 1.82) is 0 Å². The lowest BCUT2D eigenvalue weighted by atomic mass is 9.88. The maximum Gasteiger partial charge on any atom is 0.0812 e. The normalized spacial score (nSPS) is 11.3. The van der Waals surface area contributed by atoms with Gasteiger partial charge in [-0.25, -0.2) is 0 Å². The van der Waals surface area contributed by atoms with Gasteiger partial charge < -0.3 is 0 Å². The molecular weight excluding hydrogens is 460 g/mol. The van der Waals surface area contributed by atoms with Crippen LogP contribution in [0.25, 0.3) is 33.4 Å². The molecule has 0 amide bonds. The number of nitrogens with zero attached hydrogens (tertiary/aromatic N) is 2. The molecule has 0 fully saturated rings. The van der Waals surface area contributed by atoms with Crippen molar-refractivity contribution in [1.82, 2.24) is 4.98 Å². The molecule has 0 aliphatic heterocycles. The van der Waals surface area contributed by atoms with Gasteiger partial charge in [-0.2, -0.15) is 0 Å². The van der Waals surface area contributed by atoms with Gasteiger partial charge in [-0.3, -0.25) is 9.98 Å². The van der Waals surface area contributed by atoms with E-state index in [0.717, 1.165) is 22.5 Å². The van der Waals surface area contributed by atoms with E-state index in [1.807, 2.05) is 24.4 Å². The van der Waals surface area contributed by atoms with Crippen LogP contribution in [0.3, 0.4) is 0 Å². The van der Waals surface area contributed by atoms with Gasteiger partial charge in [0.2, 0.25) is 0 Å². The van der Waals surface area contributed by atoms with E-state index >= 15 is 0 Å². The number of benzene rings is 4. The number of aromatic nitrogens is 1. The molecule has 0 spiro atoms. The highest BCUT2D eigenvalue weighted by Crippen LogP contribution is 2.44. The Morgan fingerprint density at radius 2 is 0.921 bits per heavy atom. The van der Waals surface area contributed by atoms with Crippen LogP contribution in [0, 0.1) is 41.5 Å². The molecule has 0 radical (unpaired) electrons. The van der Waals surface area contributed by atoms with E-state index in [2.05, 4.69) is 113 Å². The van der Waals surface area contributed by atoms with Gasteiger partial charge in [0.15, 0.2) is 0 Å². The number of rotatable bonds is 5. The monoisotopic (exact) mass is 494 g/mol. The third kappa shape index (κ3) is 5.65. The van der Waals surface area contributed by atoms with Crippen molar-refractivity contribution in [3.63, 3.8) is 0 Å². The molecule has 0 saturated carbocycles. The van der Waals surface area contributed by atoms with E-state index in [4.69, 9.17) is 4.99 Å². The Labute approximate surface area is 226 Å². The summed E-state index contributed by atoms with van der Waals surface area (Å²) in [5, 5.41) is 0. The van der Waals surface area contributed by atoms with E-state index in [9.17, 15) is 0 Å². The number of aliphatic imine (C=N–C) groups is 1. The zero-order valence-electron chi connectivity index (χ0n) is 23.1. The van der Waals surface area contributed by atoms with Gasteiger partial charge in [-0.1, -0.05) is 94.0 Å². The highest BCUT2D eigenvalue weighted by molar-refractivity contribution is 5.96.